The van der Waals surface area contributed by atoms with Crippen LogP contribution in [0.25, 0.3) is 10.8 Å². The second-order valence-corrected chi connectivity index (χ2v) is 8.53. The summed E-state index contributed by atoms with van der Waals surface area (Å²) in [5, 5.41) is 5.14. The average Bonchev–Trinajstić information content (AvgIpc) is 2.85. The molecule has 1 atom stereocenters. The standard InChI is InChI=1S/C29H25NO4/c1-18(31)25-26-28(24-17-11-10-16-23(24)27(25)34-20(3)32)33-19(2)29(30-26,21-12-6-4-7-13-21)22-14-8-5-9-15-22/h4-17,19,30H,1-3H3. The molecule has 0 radical (unpaired) electrons. The van der Waals surface area contributed by atoms with Gasteiger partial charge in [0, 0.05) is 17.7 Å². The van der Waals surface area contributed by atoms with Crippen LogP contribution in [0.4, 0.5) is 5.69 Å². The number of rotatable bonds is 4. The van der Waals surface area contributed by atoms with E-state index in [0.29, 0.717) is 22.4 Å². The first-order valence-electron chi connectivity index (χ1n) is 11.3. The minimum absolute atomic E-state index is 0.223. The van der Waals surface area contributed by atoms with Gasteiger partial charge >= 0.3 is 5.97 Å². The maximum atomic E-state index is 13.0. The first-order chi connectivity index (χ1) is 16.4. The molecular formula is C29H25NO4. The van der Waals surface area contributed by atoms with Crippen molar-refractivity contribution >= 4 is 28.2 Å². The molecule has 34 heavy (non-hydrogen) atoms. The Labute approximate surface area is 198 Å². The number of carbonyl (C=O) groups is 2. The number of benzene rings is 4. The maximum absolute atomic E-state index is 13.0. The van der Waals surface area contributed by atoms with Gasteiger partial charge in [0.1, 0.15) is 11.6 Å². The summed E-state index contributed by atoms with van der Waals surface area (Å²) in [5.41, 5.74) is 2.03. The summed E-state index contributed by atoms with van der Waals surface area (Å²) in [5.74, 6) is 0.107. The van der Waals surface area contributed by atoms with Crippen LogP contribution in [0.15, 0.2) is 84.9 Å². The molecule has 170 valence electrons. The molecule has 0 bridgehead atoms. The molecule has 0 aliphatic carbocycles. The Morgan fingerprint density at radius 3 is 1.88 bits per heavy atom. The van der Waals surface area contributed by atoms with Crippen LogP contribution in [-0.4, -0.2) is 17.9 Å². The summed E-state index contributed by atoms with van der Waals surface area (Å²) in [6, 6.07) is 27.6. The molecule has 5 rings (SSSR count). The number of anilines is 1. The molecular weight excluding hydrogens is 426 g/mol. The van der Waals surface area contributed by atoms with Gasteiger partial charge in [-0.05, 0) is 25.0 Å². The Bertz CT molecular complexity index is 1360. The summed E-state index contributed by atoms with van der Waals surface area (Å²) < 4.78 is 12.3. The molecule has 1 N–H and O–H groups in total. The first kappa shape index (κ1) is 21.7. The Morgan fingerprint density at radius 1 is 0.824 bits per heavy atom. The third kappa shape index (κ3) is 3.32. The first-order valence-corrected chi connectivity index (χ1v) is 11.3. The zero-order valence-corrected chi connectivity index (χ0v) is 19.3. The van der Waals surface area contributed by atoms with E-state index in [1.165, 1.54) is 13.8 Å². The van der Waals surface area contributed by atoms with Gasteiger partial charge in [0.25, 0.3) is 0 Å². The Hall–Kier alpha value is -4.12. The molecule has 0 spiro atoms. The molecule has 1 aliphatic rings. The molecule has 5 heteroatoms. The minimum atomic E-state index is -0.782. The van der Waals surface area contributed by atoms with Crippen molar-refractivity contribution in [3.05, 3.63) is 102 Å². The monoisotopic (exact) mass is 451 g/mol. The van der Waals surface area contributed by atoms with Crippen LogP contribution in [0.3, 0.4) is 0 Å². The highest BCUT2D eigenvalue weighted by atomic mass is 16.5. The molecule has 5 nitrogen and oxygen atoms in total. The van der Waals surface area contributed by atoms with Crippen molar-refractivity contribution in [3.63, 3.8) is 0 Å². The quantitative estimate of drug-likeness (QED) is 0.231. The lowest BCUT2D eigenvalue weighted by Crippen LogP contribution is -2.51. The fraction of sp³-hybridized carbons (Fsp3) is 0.172. The number of hydrogen-bond acceptors (Lipinski definition) is 5. The molecule has 1 heterocycles. The predicted octanol–water partition coefficient (Wildman–Crippen LogP) is 6.10. The number of esters is 1. The van der Waals surface area contributed by atoms with Crippen molar-refractivity contribution < 1.29 is 19.1 Å². The number of Topliss-reactive ketones (excluding diaryl/α,β-unsaturated/α-hetero) is 1. The molecule has 1 unspecified atom stereocenters. The molecule has 4 aromatic rings. The summed E-state index contributed by atoms with van der Waals surface area (Å²) in [6.07, 6.45) is -0.326. The van der Waals surface area contributed by atoms with E-state index in [0.717, 1.165) is 16.5 Å². The van der Waals surface area contributed by atoms with Gasteiger partial charge in [-0.15, -0.1) is 0 Å². The van der Waals surface area contributed by atoms with E-state index >= 15 is 0 Å². The van der Waals surface area contributed by atoms with Crippen molar-refractivity contribution in [2.45, 2.75) is 32.4 Å². The van der Waals surface area contributed by atoms with Crippen molar-refractivity contribution in [1.29, 1.82) is 0 Å². The Balaban J connectivity index is 1.87. The van der Waals surface area contributed by atoms with Gasteiger partial charge < -0.3 is 14.8 Å². The molecule has 0 saturated carbocycles. The van der Waals surface area contributed by atoms with Gasteiger partial charge in [-0.2, -0.15) is 0 Å². The summed E-state index contributed by atoms with van der Waals surface area (Å²) in [7, 11) is 0. The van der Waals surface area contributed by atoms with Crippen molar-refractivity contribution in [1.82, 2.24) is 0 Å². The fourth-order valence-corrected chi connectivity index (χ4v) is 4.95. The lowest BCUT2D eigenvalue weighted by molar-refractivity contribution is -0.131. The molecule has 0 saturated heterocycles. The lowest BCUT2D eigenvalue weighted by atomic mass is 9.77. The van der Waals surface area contributed by atoms with E-state index in [1.54, 1.807) is 0 Å². The molecule has 0 fully saturated rings. The second kappa shape index (κ2) is 8.34. The number of ketones is 1. The normalized spacial score (nSPS) is 16.1. The van der Waals surface area contributed by atoms with E-state index in [2.05, 4.69) is 5.32 Å². The fourth-order valence-electron chi connectivity index (χ4n) is 4.95. The number of carbonyl (C=O) groups excluding carboxylic acids is 2. The summed E-state index contributed by atoms with van der Waals surface area (Å²) >= 11 is 0. The van der Waals surface area contributed by atoms with E-state index in [4.69, 9.17) is 9.47 Å². The van der Waals surface area contributed by atoms with Crippen LogP contribution in [0.2, 0.25) is 0 Å². The zero-order chi connectivity index (χ0) is 23.9. The lowest BCUT2D eigenvalue weighted by Gasteiger charge is -2.46. The Morgan fingerprint density at radius 2 is 1.35 bits per heavy atom. The van der Waals surface area contributed by atoms with Gasteiger partial charge in [-0.3, -0.25) is 9.59 Å². The second-order valence-electron chi connectivity index (χ2n) is 8.53. The highest BCUT2D eigenvalue weighted by molar-refractivity contribution is 6.13. The van der Waals surface area contributed by atoms with Crippen LogP contribution in [-0.2, 0) is 10.3 Å². The van der Waals surface area contributed by atoms with Gasteiger partial charge in [0.2, 0.25) is 0 Å². The van der Waals surface area contributed by atoms with E-state index < -0.39 is 11.5 Å². The third-order valence-electron chi connectivity index (χ3n) is 6.40. The van der Waals surface area contributed by atoms with E-state index in [-0.39, 0.29) is 17.6 Å². The van der Waals surface area contributed by atoms with E-state index in [9.17, 15) is 9.59 Å². The highest BCUT2D eigenvalue weighted by Gasteiger charge is 2.47. The number of fused-ring (bicyclic) bond motifs is 3. The van der Waals surface area contributed by atoms with Crippen LogP contribution in [0.5, 0.6) is 11.5 Å². The molecule has 4 aromatic carbocycles. The summed E-state index contributed by atoms with van der Waals surface area (Å²) in [6.45, 7) is 4.84. The molecule has 0 amide bonds. The smallest absolute Gasteiger partial charge is 0.308 e. The van der Waals surface area contributed by atoms with Crippen molar-refractivity contribution in [2.24, 2.45) is 0 Å². The minimum Gasteiger partial charge on any atom is -0.485 e. The Kier molecular flexibility index (Phi) is 5.33. The van der Waals surface area contributed by atoms with Crippen LogP contribution < -0.4 is 14.8 Å². The summed E-state index contributed by atoms with van der Waals surface area (Å²) in [4.78, 5) is 25.1. The van der Waals surface area contributed by atoms with Gasteiger partial charge in [0.05, 0.1) is 11.3 Å². The van der Waals surface area contributed by atoms with Crippen molar-refractivity contribution in [3.8, 4) is 11.5 Å². The number of hydrogen-bond donors (Lipinski definition) is 1. The van der Waals surface area contributed by atoms with Crippen molar-refractivity contribution in [2.75, 3.05) is 5.32 Å². The van der Waals surface area contributed by atoms with Gasteiger partial charge in [-0.25, -0.2) is 0 Å². The topological polar surface area (TPSA) is 64.6 Å². The predicted molar refractivity (Wildman–Crippen MR) is 133 cm³/mol. The SMILES string of the molecule is CC(=O)Oc1c(C(C)=O)c2c(c3ccccc13)OC(C)C(c1ccccc1)(c1ccccc1)N2. The third-order valence-corrected chi connectivity index (χ3v) is 6.40. The van der Waals surface area contributed by atoms with Crippen LogP contribution in [0.1, 0.15) is 42.3 Å². The highest BCUT2D eigenvalue weighted by Crippen LogP contribution is 2.52. The number of ether oxygens (including phenoxy) is 2. The molecule has 1 aliphatic heterocycles. The van der Waals surface area contributed by atoms with Gasteiger partial charge in [-0.1, -0.05) is 84.9 Å². The zero-order valence-electron chi connectivity index (χ0n) is 19.3. The van der Waals surface area contributed by atoms with E-state index in [1.807, 2.05) is 91.9 Å². The number of nitrogens with one attached hydrogen (secondary N) is 1. The maximum Gasteiger partial charge on any atom is 0.308 e. The average molecular weight is 452 g/mol. The van der Waals surface area contributed by atoms with Crippen LogP contribution in [0, 0.1) is 0 Å². The van der Waals surface area contributed by atoms with Gasteiger partial charge in [0.15, 0.2) is 17.3 Å². The molecule has 0 aromatic heterocycles. The van der Waals surface area contributed by atoms with Crippen LogP contribution >= 0.6 is 0 Å². The largest absolute Gasteiger partial charge is 0.485 e.